The molecule has 2 aromatic rings. The standard InChI is InChI=1S/C14H16ClN3O3S/c1-2-18-9-16-17-13(18)8-22(19,20)7-11-6-12(15)5-10-3-4-21-14(10)11/h5-6,9H,2-4,7-8H2,1H3. The lowest BCUT2D eigenvalue weighted by Gasteiger charge is -2.10. The van der Waals surface area contributed by atoms with Gasteiger partial charge in [0.25, 0.3) is 0 Å². The van der Waals surface area contributed by atoms with Gasteiger partial charge >= 0.3 is 0 Å². The van der Waals surface area contributed by atoms with Crippen molar-refractivity contribution in [1.82, 2.24) is 14.8 Å². The Morgan fingerprint density at radius 1 is 1.36 bits per heavy atom. The van der Waals surface area contributed by atoms with Crippen molar-refractivity contribution < 1.29 is 13.2 Å². The van der Waals surface area contributed by atoms with Crippen molar-refractivity contribution in [3.8, 4) is 5.75 Å². The summed E-state index contributed by atoms with van der Waals surface area (Å²) in [6.07, 6.45) is 2.29. The van der Waals surface area contributed by atoms with Gasteiger partial charge in [-0.1, -0.05) is 11.6 Å². The SMILES string of the molecule is CCn1cnnc1CS(=O)(=O)Cc1cc(Cl)cc2c1OCC2. The zero-order valence-corrected chi connectivity index (χ0v) is 13.7. The Labute approximate surface area is 134 Å². The van der Waals surface area contributed by atoms with Crippen LogP contribution in [0.15, 0.2) is 18.5 Å². The largest absolute Gasteiger partial charge is 0.493 e. The third kappa shape index (κ3) is 3.10. The van der Waals surface area contributed by atoms with E-state index in [1.165, 1.54) is 6.33 Å². The van der Waals surface area contributed by atoms with Crippen molar-refractivity contribution in [2.75, 3.05) is 6.61 Å². The average molecular weight is 342 g/mol. The highest BCUT2D eigenvalue weighted by Gasteiger charge is 2.23. The molecule has 1 aromatic heterocycles. The minimum Gasteiger partial charge on any atom is -0.493 e. The summed E-state index contributed by atoms with van der Waals surface area (Å²) in [5.74, 6) is 0.834. The number of nitrogens with zero attached hydrogens (tertiary/aromatic N) is 3. The number of aryl methyl sites for hydroxylation is 1. The summed E-state index contributed by atoms with van der Waals surface area (Å²) in [7, 11) is -3.39. The van der Waals surface area contributed by atoms with Gasteiger partial charge in [0.1, 0.15) is 23.7 Å². The van der Waals surface area contributed by atoms with Crippen molar-refractivity contribution in [3.05, 3.63) is 40.4 Å². The number of sulfone groups is 1. The molecule has 0 radical (unpaired) electrons. The number of benzene rings is 1. The third-order valence-electron chi connectivity index (χ3n) is 3.59. The first-order valence-corrected chi connectivity index (χ1v) is 9.19. The molecule has 3 rings (SSSR count). The predicted octanol–water partition coefficient (Wildman–Crippen LogP) is 2.00. The van der Waals surface area contributed by atoms with Gasteiger partial charge in [0.05, 0.1) is 12.4 Å². The van der Waals surface area contributed by atoms with E-state index in [4.69, 9.17) is 16.3 Å². The number of ether oxygens (including phenoxy) is 1. The molecule has 1 aliphatic heterocycles. The highest BCUT2D eigenvalue weighted by molar-refractivity contribution is 7.89. The lowest BCUT2D eigenvalue weighted by molar-refractivity contribution is 0.354. The van der Waals surface area contributed by atoms with Crippen molar-refractivity contribution in [2.24, 2.45) is 0 Å². The van der Waals surface area contributed by atoms with Gasteiger partial charge in [0.15, 0.2) is 9.84 Å². The highest BCUT2D eigenvalue weighted by Crippen LogP contribution is 2.34. The normalized spacial score (nSPS) is 13.9. The topological polar surface area (TPSA) is 74.1 Å². The van der Waals surface area contributed by atoms with Crippen molar-refractivity contribution in [3.63, 3.8) is 0 Å². The van der Waals surface area contributed by atoms with Crippen molar-refractivity contribution >= 4 is 21.4 Å². The van der Waals surface area contributed by atoms with E-state index in [2.05, 4.69) is 10.2 Å². The van der Waals surface area contributed by atoms with Gasteiger partial charge in [-0.3, -0.25) is 0 Å². The van der Waals surface area contributed by atoms with Gasteiger partial charge in [-0.25, -0.2) is 8.42 Å². The van der Waals surface area contributed by atoms with Gasteiger partial charge in [-0.05, 0) is 24.6 Å². The number of halogens is 1. The number of hydrogen-bond donors (Lipinski definition) is 0. The first-order chi connectivity index (χ1) is 10.5. The smallest absolute Gasteiger partial charge is 0.161 e. The minimum atomic E-state index is -3.39. The van der Waals surface area contributed by atoms with Gasteiger partial charge in [-0.2, -0.15) is 0 Å². The first kappa shape index (κ1) is 15.3. The summed E-state index contributed by atoms with van der Waals surface area (Å²) < 4.78 is 32.2. The fourth-order valence-corrected chi connectivity index (χ4v) is 4.26. The Kier molecular flexibility index (Phi) is 4.10. The van der Waals surface area contributed by atoms with Crippen LogP contribution in [-0.4, -0.2) is 29.8 Å². The van der Waals surface area contributed by atoms with Crippen LogP contribution < -0.4 is 4.74 Å². The van der Waals surface area contributed by atoms with Crippen LogP contribution in [0.5, 0.6) is 5.75 Å². The van der Waals surface area contributed by atoms with Crippen LogP contribution in [0.3, 0.4) is 0 Å². The zero-order chi connectivity index (χ0) is 15.7. The molecular weight excluding hydrogens is 326 g/mol. The molecule has 8 heteroatoms. The van der Waals surface area contributed by atoms with Crippen LogP contribution in [0.2, 0.25) is 5.02 Å². The Hall–Kier alpha value is -1.60. The third-order valence-corrected chi connectivity index (χ3v) is 5.25. The maximum absolute atomic E-state index is 12.5. The van der Waals surface area contributed by atoms with Gasteiger partial charge in [0.2, 0.25) is 0 Å². The number of hydrogen-bond acceptors (Lipinski definition) is 5. The van der Waals surface area contributed by atoms with E-state index in [-0.39, 0.29) is 11.5 Å². The first-order valence-electron chi connectivity index (χ1n) is 6.99. The quantitative estimate of drug-likeness (QED) is 0.831. The van der Waals surface area contributed by atoms with Crippen LogP contribution in [0.25, 0.3) is 0 Å². The van der Waals surface area contributed by atoms with E-state index in [1.807, 2.05) is 13.0 Å². The Bertz CT molecular complexity index is 802. The summed E-state index contributed by atoms with van der Waals surface area (Å²) >= 11 is 6.07. The summed E-state index contributed by atoms with van der Waals surface area (Å²) in [5, 5.41) is 8.17. The van der Waals surface area contributed by atoms with Gasteiger partial charge in [0, 0.05) is 23.6 Å². The zero-order valence-electron chi connectivity index (χ0n) is 12.1. The predicted molar refractivity (Wildman–Crippen MR) is 82.7 cm³/mol. The number of aromatic nitrogens is 3. The second-order valence-electron chi connectivity index (χ2n) is 5.22. The monoisotopic (exact) mass is 341 g/mol. The Morgan fingerprint density at radius 2 is 2.18 bits per heavy atom. The fourth-order valence-electron chi connectivity index (χ4n) is 2.59. The minimum absolute atomic E-state index is 0.119. The molecule has 0 fully saturated rings. The second kappa shape index (κ2) is 5.89. The van der Waals surface area contributed by atoms with Crippen LogP contribution in [0.4, 0.5) is 0 Å². The molecule has 0 amide bonds. The number of fused-ring (bicyclic) bond motifs is 1. The van der Waals surface area contributed by atoms with Crippen LogP contribution in [0, 0.1) is 0 Å². The summed E-state index contributed by atoms with van der Waals surface area (Å²) in [4.78, 5) is 0. The molecule has 22 heavy (non-hydrogen) atoms. The molecule has 0 aliphatic carbocycles. The number of rotatable bonds is 5. The van der Waals surface area contributed by atoms with Crippen LogP contribution in [0.1, 0.15) is 23.9 Å². The maximum atomic E-state index is 12.5. The summed E-state index contributed by atoms with van der Waals surface area (Å²) in [6, 6.07) is 3.49. The molecule has 1 aromatic carbocycles. The molecule has 0 unspecified atom stereocenters. The van der Waals surface area contributed by atoms with Gasteiger partial charge in [-0.15, -0.1) is 10.2 Å². The van der Waals surface area contributed by atoms with E-state index >= 15 is 0 Å². The van der Waals surface area contributed by atoms with Crippen LogP contribution >= 0.6 is 11.6 Å². The van der Waals surface area contributed by atoms with Gasteiger partial charge < -0.3 is 9.30 Å². The molecule has 0 saturated heterocycles. The van der Waals surface area contributed by atoms with Crippen molar-refractivity contribution in [1.29, 1.82) is 0 Å². The molecule has 0 atom stereocenters. The molecule has 118 valence electrons. The van der Waals surface area contributed by atoms with E-state index in [0.29, 0.717) is 35.3 Å². The van der Waals surface area contributed by atoms with E-state index in [9.17, 15) is 8.42 Å². The Morgan fingerprint density at radius 3 is 2.95 bits per heavy atom. The summed E-state index contributed by atoms with van der Waals surface area (Å²) in [5.41, 5.74) is 1.58. The molecule has 0 saturated carbocycles. The maximum Gasteiger partial charge on any atom is 0.161 e. The lowest BCUT2D eigenvalue weighted by atomic mass is 10.1. The fraction of sp³-hybridized carbons (Fsp3) is 0.429. The molecule has 0 N–H and O–H groups in total. The summed E-state index contributed by atoms with van der Waals surface area (Å²) in [6.45, 7) is 3.11. The second-order valence-corrected chi connectivity index (χ2v) is 7.72. The molecule has 1 aliphatic rings. The van der Waals surface area contributed by atoms with E-state index < -0.39 is 9.84 Å². The highest BCUT2D eigenvalue weighted by atomic mass is 35.5. The van der Waals surface area contributed by atoms with Crippen LogP contribution in [-0.2, 0) is 34.3 Å². The average Bonchev–Trinajstić information content (AvgIpc) is 3.06. The molecule has 0 spiro atoms. The lowest BCUT2D eigenvalue weighted by Crippen LogP contribution is -2.12. The van der Waals surface area contributed by atoms with E-state index in [0.717, 1.165) is 12.0 Å². The molecule has 2 heterocycles. The Balaban J connectivity index is 1.86. The van der Waals surface area contributed by atoms with E-state index in [1.54, 1.807) is 10.6 Å². The molecule has 0 bridgehead atoms. The van der Waals surface area contributed by atoms with Crippen molar-refractivity contribution in [2.45, 2.75) is 31.4 Å². The molecule has 6 nitrogen and oxygen atoms in total. The molecular formula is C14H16ClN3O3S.